The van der Waals surface area contributed by atoms with Gasteiger partial charge in [-0.15, -0.1) is 0 Å². The lowest BCUT2D eigenvalue weighted by molar-refractivity contribution is -0.122. The fraction of sp³-hybridized carbons (Fsp3) is 0.533. The first kappa shape index (κ1) is 13.5. The van der Waals surface area contributed by atoms with Crippen LogP contribution in [0.3, 0.4) is 0 Å². The molecule has 1 atom stereocenters. The Morgan fingerprint density at radius 2 is 2.10 bits per heavy atom. The number of hydrogen-bond donors (Lipinski definition) is 0. The maximum absolute atomic E-state index is 12.6. The number of fused-ring (bicyclic) bond motifs is 1. The summed E-state index contributed by atoms with van der Waals surface area (Å²) in [6.07, 6.45) is -0.754. The molecule has 20 heavy (non-hydrogen) atoms. The van der Waals surface area contributed by atoms with E-state index in [1.54, 1.807) is 4.90 Å². The van der Waals surface area contributed by atoms with Crippen molar-refractivity contribution < 1.29 is 13.6 Å². The maximum atomic E-state index is 12.6. The fourth-order valence-electron chi connectivity index (χ4n) is 3.18. The van der Waals surface area contributed by atoms with Gasteiger partial charge in [0, 0.05) is 18.8 Å². The van der Waals surface area contributed by atoms with E-state index >= 15 is 0 Å². The molecule has 3 rings (SSSR count). The number of likely N-dealkylation sites (tertiary alicyclic amines) is 1. The number of halogens is 2. The lowest BCUT2D eigenvalue weighted by Crippen LogP contribution is -2.36. The molecule has 0 aliphatic carbocycles. The molecular weight excluding hydrogens is 262 g/mol. The third-order valence-electron chi connectivity index (χ3n) is 4.17. The number of carbonyl (C=O) groups excluding carboxylic acids is 1. The summed E-state index contributed by atoms with van der Waals surface area (Å²) in [5.74, 6) is -0.0494. The first-order chi connectivity index (χ1) is 9.65. The zero-order valence-electron chi connectivity index (χ0n) is 11.3. The second-order valence-corrected chi connectivity index (χ2v) is 5.50. The van der Waals surface area contributed by atoms with Crippen molar-refractivity contribution in [3.05, 3.63) is 29.8 Å². The van der Waals surface area contributed by atoms with Crippen LogP contribution in [0.25, 0.3) is 0 Å². The lowest BCUT2D eigenvalue weighted by atomic mass is 10.1. The van der Waals surface area contributed by atoms with Crippen LogP contribution < -0.4 is 4.90 Å². The molecule has 2 heterocycles. The van der Waals surface area contributed by atoms with Crippen LogP contribution >= 0.6 is 0 Å². The second-order valence-electron chi connectivity index (χ2n) is 5.50. The van der Waals surface area contributed by atoms with Gasteiger partial charge >= 0.3 is 0 Å². The highest BCUT2D eigenvalue weighted by Gasteiger charge is 2.34. The second kappa shape index (κ2) is 5.48. The Hall–Kier alpha value is -1.49. The van der Waals surface area contributed by atoms with Crippen LogP contribution in [0.15, 0.2) is 24.3 Å². The van der Waals surface area contributed by atoms with Crippen molar-refractivity contribution in [2.75, 3.05) is 31.1 Å². The molecule has 0 N–H and O–H groups in total. The van der Waals surface area contributed by atoms with Gasteiger partial charge in [-0.05, 0) is 31.0 Å². The van der Waals surface area contributed by atoms with Crippen LogP contribution in [0.4, 0.5) is 14.5 Å². The van der Waals surface area contributed by atoms with E-state index in [1.165, 1.54) is 5.56 Å². The van der Waals surface area contributed by atoms with Crippen molar-refractivity contribution in [3.8, 4) is 0 Å². The van der Waals surface area contributed by atoms with Crippen LogP contribution in [0.2, 0.25) is 0 Å². The Labute approximate surface area is 117 Å². The molecule has 1 aromatic carbocycles. The highest BCUT2D eigenvalue weighted by atomic mass is 19.3. The van der Waals surface area contributed by atoms with Gasteiger partial charge in [-0.1, -0.05) is 18.2 Å². The largest absolute Gasteiger partial charge is 0.312 e. The molecule has 1 saturated heterocycles. The van der Waals surface area contributed by atoms with Gasteiger partial charge in [0.2, 0.25) is 5.91 Å². The minimum atomic E-state index is -2.32. The van der Waals surface area contributed by atoms with Crippen molar-refractivity contribution in [2.24, 2.45) is 5.92 Å². The Morgan fingerprint density at radius 1 is 1.30 bits per heavy atom. The Balaban J connectivity index is 1.66. The van der Waals surface area contributed by atoms with Gasteiger partial charge in [0.25, 0.3) is 6.43 Å². The summed E-state index contributed by atoms with van der Waals surface area (Å²) in [4.78, 5) is 16.1. The van der Waals surface area contributed by atoms with E-state index in [1.807, 2.05) is 29.2 Å². The fourth-order valence-corrected chi connectivity index (χ4v) is 3.18. The molecule has 1 aromatic rings. The number of benzene rings is 1. The van der Waals surface area contributed by atoms with Crippen LogP contribution in [0.5, 0.6) is 0 Å². The van der Waals surface area contributed by atoms with Gasteiger partial charge in [0.15, 0.2) is 0 Å². The Morgan fingerprint density at radius 3 is 2.90 bits per heavy atom. The van der Waals surface area contributed by atoms with E-state index in [-0.39, 0.29) is 18.4 Å². The van der Waals surface area contributed by atoms with E-state index in [2.05, 4.69) is 0 Å². The minimum Gasteiger partial charge on any atom is -0.312 e. The summed E-state index contributed by atoms with van der Waals surface area (Å²) in [5, 5.41) is 0. The molecule has 0 saturated carbocycles. The van der Waals surface area contributed by atoms with E-state index in [0.717, 1.165) is 12.1 Å². The van der Waals surface area contributed by atoms with Crippen molar-refractivity contribution in [1.29, 1.82) is 0 Å². The smallest absolute Gasteiger partial charge is 0.251 e. The SMILES string of the molecule is O=C(C1CCN(CC(F)F)C1)N1CCc2ccccc21. The predicted octanol–water partition coefficient (Wildman–Crippen LogP) is 2.16. The summed E-state index contributed by atoms with van der Waals surface area (Å²) < 4.78 is 24.8. The van der Waals surface area contributed by atoms with Gasteiger partial charge in [-0.3, -0.25) is 9.69 Å². The highest BCUT2D eigenvalue weighted by Crippen LogP contribution is 2.30. The number of alkyl halides is 2. The molecule has 5 heteroatoms. The number of nitrogens with zero attached hydrogens (tertiary/aromatic N) is 2. The molecule has 108 valence electrons. The van der Waals surface area contributed by atoms with E-state index in [4.69, 9.17) is 0 Å². The van der Waals surface area contributed by atoms with Crippen LogP contribution in [-0.2, 0) is 11.2 Å². The van der Waals surface area contributed by atoms with E-state index in [9.17, 15) is 13.6 Å². The zero-order valence-corrected chi connectivity index (χ0v) is 11.3. The number of anilines is 1. The quantitative estimate of drug-likeness (QED) is 0.847. The molecule has 0 spiro atoms. The van der Waals surface area contributed by atoms with Crippen molar-refractivity contribution in [1.82, 2.24) is 4.90 Å². The maximum Gasteiger partial charge on any atom is 0.251 e. The summed E-state index contributed by atoms with van der Waals surface area (Å²) in [6.45, 7) is 1.54. The van der Waals surface area contributed by atoms with E-state index in [0.29, 0.717) is 26.1 Å². The Kier molecular flexibility index (Phi) is 3.70. The van der Waals surface area contributed by atoms with Crippen LogP contribution in [-0.4, -0.2) is 43.4 Å². The number of rotatable bonds is 3. The topological polar surface area (TPSA) is 23.6 Å². The summed E-state index contributed by atoms with van der Waals surface area (Å²) >= 11 is 0. The molecule has 0 radical (unpaired) electrons. The van der Waals surface area contributed by atoms with Gasteiger partial charge in [0.1, 0.15) is 0 Å². The van der Waals surface area contributed by atoms with Gasteiger partial charge in [-0.2, -0.15) is 0 Å². The van der Waals surface area contributed by atoms with Gasteiger partial charge < -0.3 is 4.90 Å². The van der Waals surface area contributed by atoms with Gasteiger partial charge in [0.05, 0.1) is 12.5 Å². The van der Waals surface area contributed by atoms with Gasteiger partial charge in [-0.25, -0.2) is 8.78 Å². The average molecular weight is 280 g/mol. The van der Waals surface area contributed by atoms with Crippen LogP contribution in [0, 0.1) is 5.92 Å². The molecule has 3 nitrogen and oxygen atoms in total. The molecular formula is C15H18F2N2O. The molecule has 0 aromatic heterocycles. The molecule has 0 bridgehead atoms. The van der Waals surface area contributed by atoms with Crippen molar-refractivity contribution in [2.45, 2.75) is 19.3 Å². The summed E-state index contributed by atoms with van der Waals surface area (Å²) in [7, 11) is 0. The van der Waals surface area contributed by atoms with Crippen LogP contribution in [0.1, 0.15) is 12.0 Å². The van der Waals surface area contributed by atoms with E-state index < -0.39 is 6.43 Å². The molecule has 1 unspecified atom stereocenters. The lowest BCUT2D eigenvalue weighted by Gasteiger charge is -2.21. The zero-order chi connectivity index (χ0) is 14.1. The number of amides is 1. The third kappa shape index (κ3) is 2.54. The summed E-state index contributed by atoms with van der Waals surface area (Å²) in [6, 6.07) is 7.92. The third-order valence-corrected chi connectivity index (χ3v) is 4.17. The minimum absolute atomic E-state index is 0.0896. The average Bonchev–Trinajstić information content (AvgIpc) is 3.03. The predicted molar refractivity (Wildman–Crippen MR) is 73.1 cm³/mol. The number of carbonyl (C=O) groups is 1. The summed E-state index contributed by atoms with van der Waals surface area (Å²) in [5.41, 5.74) is 2.19. The first-order valence-electron chi connectivity index (χ1n) is 7.05. The highest BCUT2D eigenvalue weighted by molar-refractivity contribution is 5.97. The molecule has 1 amide bonds. The standard InChI is InChI=1S/C15H18F2N2O/c16-14(17)10-18-7-5-12(9-18)15(20)19-8-6-11-3-1-2-4-13(11)19/h1-4,12,14H,5-10H2. The molecule has 2 aliphatic rings. The molecule has 1 fully saturated rings. The van der Waals surface area contributed by atoms with Crippen molar-refractivity contribution in [3.63, 3.8) is 0 Å². The monoisotopic (exact) mass is 280 g/mol. The molecule has 2 aliphatic heterocycles. The van der Waals surface area contributed by atoms with Crippen molar-refractivity contribution >= 4 is 11.6 Å². The number of para-hydroxylation sites is 1. The first-order valence-corrected chi connectivity index (χ1v) is 7.05. The normalized spacial score (nSPS) is 22.6. The number of hydrogen-bond acceptors (Lipinski definition) is 2. The Bertz CT molecular complexity index is 506.